The van der Waals surface area contributed by atoms with E-state index in [1.165, 1.54) is 11.3 Å². The van der Waals surface area contributed by atoms with Crippen LogP contribution in [0, 0.1) is 0 Å². The number of nitrogens with one attached hydrogen (secondary N) is 2. The molecule has 0 bridgehead atoms. The van der Waals surface area contributed by atoms with E-state index in [4.69, 9.17) is 9.73 Å². The van der Waals surface area contributed by atoms with Gasteiger partial charge in [0.25, 0.3) is 0 Å². The number of hydrogen-bond acceptors (Lipinski definition) is 4. The Kier molecular flexibility index (Phi) is 11.5. The van der Waals surface area contributed by atoms with E-state index >= 15 is 0 Å². The van der Waals surface area contributed by atoms with E-state index in [9.17, 15) is 0 Å². The number of ether oxygens (including phenoxy) is 1. The molecule has 1 rings (SSSR count). The summed E-state index contributed by atoms with van der Waals surface area (Å²) in [6.45, 7) is 8.44. The van der Waals surface area contributed by atoms with Crippen LogP contribution in [-0.2, 0) is 4.74 Å². The number of thiophene rings is 1. The molecule has 2 N–H and O–H groups in total. The van der Waals surface area contributed by atoms with Crippen LogP contribution in [0.4, 0.5) is 0 Å². The van der Waals surface area contributed by atoms with Gasteiger partial charge in [-0.2, -0.15) is 0 Å². The van der Waals surface area contributed by atoms with Crippen molar-refractivity contribution in [3.05, 3.63) is 22.4 Å². The van der Waals surface area contributed by atoms with Crippen molar-refractivity contribution >= 4 is 17.3 Å². The summed E-state index contributed by atoms with van der Waals surface area (Å²) in [4.78, 5) is 8.33. The zero-order valence-corrected chi connectivity index (χ0v) is 16.5. The lowest BCUT2D eigenvalue weighted by atomic mass is 10.2. The lowest BCUT2D eigenvalue weighted by Crippen LogP contribution is -2.38. The fourth-order valence-electron chi connectivity index (χ4n) is 2.24. The Bertz CT molecular complexity index is 434. The number of aliphatic imine (C=N–C) groups is 1. The summed E-state index contributed by atoms with van der Waals surface area (Å²) in [7, 11) is 4.21. The Morgan fingerprint density at radius 1 is 1.25 bits per heavy atom. The molecule has 0 fully saturated rings. The highest BCUT2D eigenvalue weighted by atomic mass is 32.1. The molecule has 0 amide bonds. The summed E-state index contributed by atoms with van der Waals surface area (Å²) in [5.74, 6) is 0.884. The van der Waals surface area contributed by atoms with Crippen LogP contribution in [0.5, 0.6) is 0 Å². The van der Waals surface area contributed by atoms with Crippen LogP contribution in [0.25, 0.3) is 0 Å². The quantitative estimate of drug-likeness (QED) is 0.344. The highest BCUT2D eigenvalue weighted by Gasteiger charge is 2.14. The largest absolute Gasteiger partial charge is 0.381 e. The van der Waals surface area contributed by atoms with E-state index < -0.39 is 0 Å². The molecule has 0 aliphatic rings. The summed E-state index contributed by atoms with van der Waals surface area (Å²) >= 11 is 1.79. The molecule has 5 nitrogen and oxygen atoms in total. The van der Waals surface area contributed by atoms with E-state index in [1.54, 1.807) is 11.3 Å². The zero-order chi connectivity index (χ0) is 17.6. The number of guanidine groups is 1. The third-order valence-electron chi connectivity index (χ3n) is 3.66. The molecule has 0 spiro atoms. The standard InChI is InChI=1S/C18H34N4OS/c1-5-7-12-23-13-9-11-20-18(19-6-2)21-15-16(22(3)4)17-10-8-14-24-17/h8,10,14,16H,5-7,9,11-13,15H2,1-4H3,(H2,19,20,21). The number of likely N-dealkylation sites (N-methyl/N-ethyl adjacent to an activating group) is 1. The van der Waals surface area contributed by atoms with Gasteiger partial charge >= 0.3 is 0 Å². The molecule has 1 unspecified atom stereocenters. The summed E-state index contributed by atoms with van der Waals surface area (Å²) in [5.41, 5.74) is 0. The lowest BCUT2D eigenvalue weighted by molar-refractivity contribution is 0.129. The van der Waals surface area contributed by atoms with Crippen LogP contribution >= 0.6 is 11.3 Å². The first-order valence-corrected chi connectivity index (χ1v) is 9.86. The number of unbranched alkanes of at least 4 members (excludes halogenated alkanes) is 1. The van der Waals surface area contributed by atoms with E-state index in [1.807, 2.05) is 0 Å². The predicted octanol–water partition coefficient (Wildman–Crippen LogP) is 3.11. The van der Waals surface area contributed by atoms with Crippen LogP contribution in [-0.4, -0.2) is 57.8 Å². The summed E-state index contributed by atoms with van der Waals surface area (Å²) in [5, 5.41) is 8.83. The summed E-state index contributed by atoms with van der Waals surface area (Å²) in [6.07, 6.45) is 3.33. The summed E-state index contributed by atoms with van der Waals surface area (Å²) in [6, 6.07) is 4.60. The molecular formula is C18H34N4OS. The Morgan fingerprint density at radius 2 is 2.04 bits per heavy atom. The molecule has 0 aromatic carbocycles. The van der Waals surface area contributed by atoms with Gasteiger partial charge in [-0.05, 0) is 45.3 Å². The second-order valence-corrected chi connectivity index (χ2v) is 6.94. The minimum absolute atomic E-state index is 0.317. The van der Waals surface area contributed by atoms with Crippen LogP contribution in [0.1, 0.15) is 44.0 Å². The third-order valence-corrected chi connectivity index (χ3v) is 4.64. The maximum atomic E-state index is 5.59. The molecule has 6 heteroatoms. The van der Waals surface area contributed by atoms with Crippen molar-refractivity contribution in [1.29, 1.82) is 0 Å². The average molecular weight is 355 g/mol. The third kappa shape index (κ3) is 8.66. The van der Waals surface area contributed by atoms with Gasteiger partial charge in [-0.15, -0.1) is 11.3 Å². The molecule has 1 aromatic heterocycles. The van der Waals surface area contributed by atoms with Crippen molar-refractivity contribution in [2.24, 2.45) is 4.99 Å². The van der Waals surface area contributed by atoms with Gasteiger partial charge in [0.1, 0.15) is 0 Å². The second kappa shape index (κ2) is 13.2. The van der Waals surface area contributed by atoms with Crippen molar-refractivity contribution in [3.63, 3.8) is 0 Å². The van der Waals surface area contributed by atoms with Crippen LogP contribution in [0.15, 0.2) is 22.5 Å². The van der Waals surface area contributed by atoms with Crippen molar-refractivity contribution in [1.82, 2.24) is 15.5 Å². The average Bonchev–Trinajstić information content (AvgIpc) is 3.08. The lowest BCUT2D eigenvalue weighted by Gasteiger charge is -2.22. The van der Waals surface area contributed by atoms with Crippen LogP contribution in [0.2, 0.25) is 0 Å². The Hall–Kier alpha value is -1.11. The van der Waals surface area contributed by atoms with Crippen molar-refractivity contribution < 1.29 is 4.74 Å². The van der Waals surface area contributed by atoms with E-state index in [2.05, 4.69) is 61.0 Å². The number of nitrogens with zero attached hydrogens (tertiary/aromatic N) is 2. The maximum Gasteiger partial charge on any atom is 0.191 e. The molecule has 1 atom stereocenters. The van der Waals surface area contributed by atoms with E-state index in [0.717, 1.165) is 51.6 Å². The highest BCUT2D eigenvalue weighted by Crippen LogP contribution is 2.23. The smallest absolute Gasteiger partial charge is 0.191 e. The topological polar surface area (TPSA) is 48.9 Å². The Labute approximate surface area is 151 Å². The van der Waals surface area contributed by atoms with Crippen molar-refractivity contribution in [2.75, 3.05) is 46.9 Å². The van der Waals surface area contributed by atoms with Crippen molar-refractivity contribution in [3.8, 4) is 0 Å². The monoisotopic (exact) mass is 354 g/mol. The van der Waals surface area contributed by atoms with Gasteiger partial charge in [-0.25, -0.2) is 0 Å². The Morgan fingerprint density at radius 3 is 2.67 bits per heavy atom. The van der Waals surface area contributed by atoms with Gasteiger partial charge in [0.2, 0.25) is 0 Å². The fourth-order valence-corrected chi connectivity index (χ4v) is 3.15. The zero-order valence-electron chi connectivity index (χ0n) is 15.7. The van der Waals surface area contributed by atoms with Gasteiger partial charge in [-0.3, -0.25) is 4.99 Å². The highest BCUT2D eigenvalue weighted by molar-refractivity contribution is 7.10. The molecular weight excluding hydrogens is 320 g/mol. The molecule has 24 heavy (non-hydrogen) atoms. The second-order valence-electron chi connectivity index (χ2n) is 5.96. The van der Waals surface area contributed by atoms with Gasteiger partial charge in [0, 0.05) is 31.2 Å². The van der Waals surface area contributed by atoms with E-state index in [0.29, 0.717) is 6.04 Å². The van der Waals surface area contributed by atoms with Crippen LogP contribution < -0.4 is 10.6 Å². The van der Waals surface area contributed by atoms with E-state index in [-0.39, 0.29) is 0 Å². The Balaban J connectivity index is 2.40. The fraction of sp³-hybridized carbons (Fsp3) is 0.722. The normalized spacial score (nSPS) is 13.3. The first-order valence-electron chi connectivity index (χ1n) is 8.98. The van der Waals surface area contributed by atoms with Gasteiger partial charge in [0.15, 0.2) is 5.96 Å². The number of hydrogen-bond donors (Lipinski definition) is 2. The molecule has 1 aromatic rings. The first-order chi connectivity index (χ1) is 11.7. The molecule has 0 aliphatic heterocycles. The van der Waals surface area contributed by atoms with Gasteiger partial charge < -0.3 is 20.3 Å². The maximum absolute atomic E-state index is 5.59. The SMILES string of the molecule is CCCCOCCCNC(=NCC(c1cccs1)N(C)C)NCC. The van der Waals surface area contributed by atoms with Gasteiger partial charge in [0.05, 0.1) is 12.6 Å². The van der Waals surface area contributed by atoms with Crippen molar-refractivity contribution in [2.45, 2.75) is 39.2 Å². The number of rotatable bonds is 12. The molecule has 0 aliphatic carbocycles. The minimum Gasteiger partial charge on any atom is -0.381 e. The van der Waals surface area contributed by atoms with Crippen LogP contribution in [0.3, 0.4) is 0 Å². The first kappa shape index (κ1) is 20.9. The molecule has 138 valence electrons. The molecule has 0 radical (unpaired) electrons. The minimum atomic E-state index is 0.317. The van der Waals surface area contributed by atoms with Gasteiger partial charge in [-0.1, -0.05) is 19.4 Å². The predicted molar refractivity (Wildman–Crippen MR) is 105 cm³/mol. The molecule has 0 saturated carbocycles. The molecule has 1 heterocycles. The summed E-state index contributed by atoms with van der Waals surface area (Å²) < 4.78 is 5.59. The molecule has 0 saturated heterocycles.